The zero-order chi connectivity index (χ0) is 27.1. The number of halogens is 1. The van der Waals surface area contributed by atoms with Crippen LogP contribution in [0.15, 0.2) is 70.2 Å². The molecule has 0 fully saturated rings. The van der Waals surface area contributed by atoms with Crippen LogP contribution < -0.4 is 19.6 Å². The number of nitrogens with one attached hydrogen (secondary N) is 1. The van der Waals surface area contributed by atoms with Gasteiger partial charge in [-0.25, -0.2) is 5.43 Å². The fraction of sp³-hybridized carbons (Fsp3) is 0.185. The Bertz CT molecular complexity index is 1480. The number of carbonyl (C=O) groups is 1. The van der Waals surface area contributed by atoms with Crippen molar-refractivity contribution >= 4 is 51.4 Å². The van der Waals surface area contributed by atoms with Crippen molar-refractivity contribution in [3.8, 4) is 17.2 Å². The van der Waals surface area contributed by atoms with Gasteiger partial charge in [0.2, 0.25) is 0 Å². The van der Waals surface area contributed by atoms with Gasteiger partial charge in [0, 0.05) is 17.5 Å². The number of ether oxygens (including phenoxy) is 3. The molecule has 1 amide bonds. The second-order valence-corrected chi connectivity index (χ2v) is 9.08. The number of hydrogen-bond donors (Lipinski definition) is 1. The standard InChI is InChI=1S/C27H24IN3O7/c1-3-35-21-9-10-23-19(13-21)14-25(38-23)27(32)30-29-15-18-11-22(28)26(24(12-18)36-4-2)37-16-17-5-7-20(8-6-17)31(33)34/h5-15H,3-4,16H2,1-2H3,(H,30,32)/b29-15+. The van der Waals surface area contributed by atoms with Crippen LogP contribution >= 0.6 is 22.6 Å². The van der Waals surface area contributed by atoms with Crippen molar-refractivity contribution in [1.29, 1.82) is 0 Å². The van der Waals surface area contributed by atoms with Gasteiger partial charge in [-0.05, 0) is 96.1 Å². The molecule has 3 aromatic carbocycles. The number of rotatable bonds is 11. The maximum absolute atomic E-state index is 12.6. The fourth-order valence-electron chi connectivity index (χ4n) is 3.55. The van der Waals surface area contributed by atoms with E-state index in [9.17, 15) is 14.9 Å². The molecule has 38 heavy (non-hydrogen) atoms. The van der Waals surface area contributed by atoms with Crippen molar-refractivity contribution in [2.24, 2.45) is 5.10 Å². The van der Waals surface area contributed by atoms with Crippen LogP contribution in [0.4, 0.5) is 5.69 Å². The van der Waals surface area contributed by atoms with Crippen LogP contribution in [0, 0.1) is 13.7 Å². The largest absolute Gasteiger partial charge is 0.494 e. The van der Waals surface area contributed by atoms with E-state index < -0.39 is 10.8 Å². The Balaban J connectivity index is 1.44. The van der Waals surface area contributed by atoms with Gasteiger partial charge in [-0.2, -0.15) is 5.10 Å². The monoisotopic (exact) mass is 629 g/mol. The number of non-ortho nitro benzene ring substituents is 1. The Morgan fingerprint density at radius 1 is 1.05 bits per heavy atom. The molecule has 1 heterocycles. The predicted octanol–water partition coefficient (Wildman–Crippen LogP) is 6.09. The van der Waals surface area contributed by atoms with Gasteiger partial charge in [-0.1, -0.05) is 0 Å². The first-order chi connectivity index (χ1) is 18.4. The van der Waals surface area contributed by atoms with Crippen molar-refractivity contribution in [1.82, 2.24) is 5.43 Å². The third-order valence-corrected chi connectivity index (χ3v) is 6.07. The van der Waals surface area contributed by atoms with Crippen LogP contribution in [0.1, 0.15) is 35.5 Å². The summed E-state index contributed by atoms with van der Waals surface area (Å²) in [5.41, 5.74) is 4.53. The lowest BCUT2D eigenvalue weighted by Crippen LogP contribution is -2.16. The molecule has 4 aromatic rings. The summed E-state index contributed by atoms with van der Waals surface area (Å²) in [5, 5.41) is 15.7. The minimum atomic E-state index is -0.488. The highest BCUT2D eigenvalue weighted by atomic mass is 127. The molecule has 0 saturated heterocycles. The Hall–Kier alpha value is -4.13. The third-order valence-electron chi connectivity index (χ3n) is 5.26. The maximum Gasteiger partial charge on any atom is 0.307 e. The minimum Gasteiger partial charge on any atom is -0.494 e. The summed E-state index contributed by atoms with van der Waals surface area (Å²) >= 11 is 2.13. The van der Waals surface area contributed by atoms with E-state index in [4.69, 9.17) is 18.6 Å². The molecule has 10 nitrogen and oxygen atoms in total. The second-order valence-electron chi connectivity index (χ2n) is 7.92. The van der Waals surface area contributed by atoms with Gasteiger partial charge in [-0.3, -0.25) is 14.9 Å². The maximum atomic E-state index is 12.6. The summed E-state index contributed by atoms with van der Waals surface area (Å²) < 4.78 is 23.6. The van der Waals surface area contributed by atoms with Crippen LogP contribution in [0.2, 0.25) is 0 Å². The zero-order valence-corrected chi connectivity index (χ0v) is 22.8. The molecule has 1 N–H and O–H groups in total. The van der Waals surface area contributed by atoms with Gasteiger partial charge < -0.3 is 18.6 Å². The van der Waals surface area contributed by atoms with E-state index in [1.165, 1.54) is 18.3 Å². The van der Waals surface area contributed by atoms with Crippen molar-refractivity contribution in [3.63, 3.8) is 0 Å². The molecular weight excluding hydrogens is 605 g/mol. The molecule has 1 aromatic heterocycles. The molecule has 4 rings (SSSR count). The lowest BCUT2D eigenvalue weighted by molar-refractivity contribution is -0.384. The Labute approximate surface area is 231 Å². The summed E-state index contributed by atoms with van der Waals surface area (Å²) in [6.45, 7) is 4.93. The fourth-order valence-corrected chi connectivity index (χ4v) is 4.33. The van der Waals surface area contributed by atoms with Gasteiger partial charge in [0.25, 0.3) is 5.69 Å². The first-order valence-electron chi connectivity index (χ1n) is 11.7. The van der Waals surface area contributed by atoms with Crippen molar-refractivity contribution < 1.29 is 28.3 Å². The first-order valence-corrected chi connectivity index (χ1v) is 12.8. The van der Waals surface area contributed by atoms with Crippen LogP contribution in [-0.4, -0.2) is 30.3 Å². The number of amides is 1. The predicted molar refractivity (Wildman–Crippen MR) is 150 cm³/mol. The van der Waals surface area contributed by atoms with E-state index in [0.717, 1.165) is 14.5 Å². The number of fused-ring (bicyclic) bond motifs is 1. The number of benzene rings is 3. The number of nitro benzene ring substituents is 1. The molecule has 0 aliphatic rings. The number of hydrazone groups is 1. The topological polar surface area (TPSA) is 125 Å². The molecular formula is C27H24IN3O7. The van der Waals surface area contributed by atoms with Crippen molar-refractivity contribution in [2.75, 3.05) is 13.2 Å². The molecule has 0 saturated carbocycles. The number of furan rings is 1. The highest BCUT2D eigenvalue weighted by Crippen LogP contribution is 2.34. The van der Waals surface area contributed by atoms with E-state index in [-0.39, 0.29) is 18.1 Å². The molecule has 0 aliphatic heterocycles. The van der Waals surface area contributed by atoms with E-state index in [0.29, 0.717) is 41.6 Å². The molecule has 0 unspecified atom stereocenters. The zero-order valence-electron chi connectivity index (χ0n) is 20.6. The van der Waals surface area contributed by atoms with E-state index >= 15 is 0 Å². The van der Waals surface area contributed by atoms with E-state index in [1.54, 1.807) is 36.4 Å². The molecule has 0 bridgehead atoms. The van der Waals surface area contributed by atoms with Crippen LogP contribution in [0.5, 0.6) is 17.2 Å². The Morgan fingerprint density at radius 2 is 1.82 bits per heavy atom. The average Bonchev–Trinajstić information content (AvgIpc) is 3.32. The number of carbonyl (C=O) groups excluding carboxylic acids is 1. The SMILES string of the molecule is CCOc1ccc2oc(C(=O)N/N=C/c3cc(I)c(OCc4ccc([N+](=O)[O-])cc4)c(OCC)c3)cc2c1. The highest BCUT2D eigenvalue weighted by molar-refractivity contribution is 14.1. The van der Waals surface area contributed by atoms with Crippen molar-refractivity contribution in [2.45, 2.75) is 20.5 Å². The van der Waals surface area contributed by atoms with Gasteiger partial charge in [0.05, 0.1) is 27.9 Å². The average molecular weight is 629 g/mol. The second kappa shape index (κ2) is 12.4. The molecule has 0 spiro atoms. The Kier molecular flexibility index (Phi) is 8.79. The Morgan fingerprint density at radius 3 is 2.53 bits per heavy atom. The van der Waals surface area contributed by atoms with Crippen LogP contribution in [-0.2, 0) is 6.61 Å². The summed E-state index contributed by atoms with van der Waals surface area (Å²) in [5.74, 6) is 1.39. The summed E-state index contributed by atoms with van der Waals surface area (Å²) in [6.07, 6.45) is 1.50. The lowest BCUT2D eigenvalue weighted by atomic mass is 10.2. The summed E-state index contributed by atoms with van der Waals surface area (Å²) in [4.78, 5) is 23.0. The van der Waals surface area contributed by atoms with E-state index in [2.05, 4.69) is 33.1 Å². The first kappa shape index (κ1) is 26.9. The van der Waals surface area contributed by atoms with Gasteiger partial charge in [0.1, 0.15) is 17.9 Å². The quantitative estimate of drug-likeness (QED) is 0.0922. The number of nitrogens with zero attached hydrogens (tertiary/aromatic N) is 2. The molecule has 0 aliphatic carbocycles. The van der Waals surface area contributed by atoms with E-state index in [1.807, 2.05) is 26.0 Å². The van der Waals surface area contributed by atoms with Gasteiger partial charge in [0.15, 0.2) is 17.3 Å². The molecule has 0 atom stereocenters. The van der Waals surface area contributed by atoms with Crippen LogP contribution in [0.25, 0.3) is 11.0 Å². The third kappa shape index (κ3) is 6.59. The normalized spacial score (nSPS) is 11.0. The van der Waals surface area contributed by atoms with Crippen LogP contribution in [0.3, 0.4) is 0 Å². The van der Waals surface area contributed by atoms with Crippen molar-refractivity contribution in [3.05, 3.63) is 91.2 Å². The molecule has 11 heteroatoms. The lowest BCUT2D eigenvalue weighted by Gasteiger charge is -2.14. The summed E-state index contributed by atoms with van der Waals surface area (Å²) in [6, 6.07) is 16.7. The number of nitro groups is 1. The summed E-state index contributed by atoms with van der Waals surface area (Å²) in [7, 11) is 0. The number of hydrogen-bond acceptors (Lipinski definition) is 8. The van der Waals surface area contributed by atoms with Gasteiger partial charge in [-0.15, -0.1) is 0 Å². The molecule has 196 valence electrons. The highest BCUT2D eigenvalue weighted by Gasteiger charge is 2.14. The molecule has 0 radical (unpaired) electrons. The van der Waals surface area contributed by atoms with Gasteiger partial charge >= 0.3 is 5.91 Å². The minimum absolute atomic E-state index is 0.0186. The smallest absolute Gasteiger partial charge is 0.307 e.